The Labute approximate surface area is 194 Å². The minimum Gasteiger partial charge on any atom is -0.496 e. The zero-order valence-corrected chi connectivity index (χ0v) is 20.6. The fourth-order valence-corrected chi connectivity index (χ4v) is 4.99. The maximum Gasteiger partial charge on any atom is 0.244 e. The topological polar surface area (TPSA) is 75.7 Å². The second-order valence-corrected chi connectivity index (χ2v) is 9.95. The van der Waals surface area contributed by atoms with Crippen molar-refractivity contribution in [2.75, 3.05) is 17.7 Å². The van der Waals surface area contributed by atoms with Crippen LogP contribution < -0.4 is 14.4 Å². The summed E-state index contributed by atoms with van der Waals surface area (Å²) in [6, 6.07) is 8.99. The van der Waals surface area contributed by atoms with Gasteiger partial charge in [0.1, 0.15) is 11.8 Å². The molecule has 1 N–H and O–H groups in total. The molecule has 0 heterocycles. The molecule has 6 nitrogen and oxygen atoms in total. The molecule has 170 valence electrons. The third-order valence-corrected chi connectivity index (χ3v) is 6.95. The first-order valence-electron chi connectivity index (χ1n) is 9.92. The standard InChI is InChI=1S/C22H28Cl2N2O4S/c1-6-19(15-8-11-21(30-4)14(3)12-15)25-22(27)20(7-2)26(31(5,28)29)16-9-10-17(23)18(24)13-16/h8-13,19-20H,6-7H2,1-5H3,(H,25,27)/t19-,20+/m0/s1. The highest BCUT2D eigenvalue weighted by Gasteiger charge is 2.33. The number of rotatable bonds is 9. The monoisotopic (exact) mass is 486 g/mol. The fraction of sp³-hybridized carbons (Fsp3) is 0.409. The summed E-state index contributed by atoms with van der Waals surface area (Å²) in [4.78, 5) is 13.2. The number of sulfonamides is 1. The predicted molar refractivity (Wildman–Crippen MR) is 127 cm³/mol. The molecule has 0 saturated heterocycles. The van der Waals surface area contributed by atoms with E-state index in [0.717, 1.165) is 27.4 Å². The minimum atomic E-state index is -3.77. The van der Waals surface area contributed by atoms with Crippen LogP contribution in [0.2, 0.25) is 10.0 Å². The van der Waals surface area contributed by atoms with E-state index in [1.54, 1.807) is 14.0 Å². The van der Waals surface area contributed by atoms with Crippen molar-refractivity contribution in [1.29, 1.82) is 0 Å². The molecular weight excluding hydrogens is 459 g/mol. The molecule has 0 spiro atoms. The normalized spacial score (nSPS) is 13.4. The molecular formula is C22H28Cl2N2O4S. The lowest BCUT2D eigenvalue weighted by atomic mass is 10.0. The van der Waals surface area contributed by atoms with Crippen molar-refractivity contribution in [2.45, 2.75) is 45.7 Å². The summed E-state index contributed by atoms with van der Waals surface area (Å²) in [6.07, 6.45) is 1.98. The number of anilines is 1. The molecule has 0 bridgehead atoms. The molecule has 0 fully saturated rings. The van der Waals surface area contributed by atoms with Gasteiger partial charge in [0, 0.05) is 0 Å². The smallest absolute Gasteiger partial charge is 0.244 e. The van der Waals surface area contributed by atoms with Crippen molar-refractivity contribution in [3.05, 3.63) is 57.6 Å². The van der Waals surface area contributed by atoms with Crippen molar-refractivity contribution < 1.29 is 17.9 Å². The summed E-state index contributed by atoms with van der Waals surface area (Å²) in [5.74, 6) is 0.374. The number of benzene rings is 2. The van der Waals surface area contributed by atoms with E-state index in [1.165, 1.54) is 18.2 Å². The Kier molecular flexibility index (Phi) is 8.63. The van der Waals surface area contributed by atoms with Crippen molar-refractivity contribution >= 4 is 44.8 Å². The van der Waals surface area contributed by atoms with Gasteiger partial charge < -0.3 is 10.1 Å². The number of ether oxygens (including phenoxy) is 1. The quantitative estimate of drug-likeness (QED) is 0.533. The number of hydrogen-bond acceptors (Lipinski definition) is 4. The van der Waals surface area contributed by atoms with Crippen LogP contribution in [0.3, 0.4) is 0 Å². The number of amides is 1. The number of nitrogens with zero attached hydrogens (tertiary/aromatic N) is 1. The lowest BCUT2D eigenvalue weighted by Crippen LogP contribution is -2.50. The summed E-state index contributed by atoms with van der Waals surface area (Å²) in [5.41, 5.74) is 2.16. The predicted octanol–water partition coefficient (Wildman–Crippen LogP) is 5.12. The highest BCUT2D eigenvalue weighted by molar-refractivity contribution is 7.92. The lowest BCUT2D eigenvalue weighted by Gasteiger charge is -2.31. The zero-order valence-electron chi connectivity index (χ0n) is 18.3. The van der Waals surface area contributed by atoms with Gasteiger partial charge in [0.2, 0.25) is 15.9 Å². The van der Waals surface area contributed by atoms with E-state index in [4.69, 9.17) is 27.9 Å². The molecule has 2 atom stereocenters. The number of hydrogen-bond donors (Lipinski definition) is 1. The molecule has 2 aromatic rings. The molecule has 0 aromatic heterocycles. The average Bonchev–Trinajstić information content (AvgIpc) is 2.71. The van der Waals surface area contributed by atoms with E-state index >= 15 is 0 Å². The number of aryl methyl sites for hydroxylation is 1. The molecule has 2 aromatic carbocycles. The molecule has 0 aliphatic carbocycles. The number of carbonyl (C=O) groups is 1. The summed E-state index contributed by atoms with van der Waals surface area (Å²) in [6.45, 7) is 5.65. The Bertz CT molecular complexity index is 1040. The van der Waals surface area contributed by atoms with Crippen LogP contribution in [0.25, 0.3) is 0 Å². The molecule has 1 amide bonds. The van der Waals surface area contributed by atoms with Gasteiger partial charge >= 0.3 is 0 Å². The van der Waals surface area contributed by atoms with Gasteiger partial charge in [0.15, 0.2) is 0 Å². The molecule has 0 unspecified atom stereocenters. The van der Waals surface area contributed by atoms with E-state index in [9.17, 15) is 13.2 Å². The van der Waals surface area contributed by atoms with E-state index in [1.807, 2.05) is 32.0 Å². The third kappa shape index (κ3) is 6.05. The number of halogens is 2. The molecule has 0 aliphatic rings. The number of methoxy groups -OCH3 is 1. The van der Waals surface area contributed by atoms with Crippen LogP contribution in [0.1, 0.15) is 43.9 Å². The minimum absolute atomic E-state index is 0.211. The first-order valence-corrected chi connectivity index (χ1v) is 12.5. The van der Waals surface area contributed by atoms with Crippen LogP contribution in [-0.2, 0) is 14.8 Å². The maximum absolute atomic E-state index is 13.2. The first kappa shape index (κ1) is 25.3. The van der Waals surface area contributed by atoms with E-state index in [-0.39, 0.29) is 29.1 Å². The Hall–Kier alpha value is -1.96. The van der Waals surface area contributed by atoms with Crippen LogP contribution in [0.4, 0.5) is 5.69 Å². The van der Waals surface area contributed by atoms with Gasteiger partial charge in [-0.1, -0.05) is 49.2 Å². The van der Waals surface area contributed by atoms with Crippen LogP contribution in [-0.4, -0.2) is 33.7 Å². The lowest BCUT2D eigenvalue weighted by molar-refractivity contribution is -0.123. The Balaban J connectivity index is 2.38. The van der Waals surface area contributed by atoms with Crippen molar-refractivity contribution in [3.63, 3.8) is 0 Å². The highest BCUT2D eigenvalue weighted by atomic mass is 35.5. The second-order valence-electron chi connectivity index (χ2n) is 7.28. The van der Waals surface area contributed by atoms with Crippen LogP contribution >= 0.6 is 23.2 Å². The summed E-state index contributed by atoms with van der Waals surface area (Å²) < 4.78 is 31.7. The SMILES string of the molecule is CC[C@H](NC(=O)[C@@H](CC)N(c1ccc(Cl)c(Cl)c1)S(C)(=O)=O)c1ccc(OC)c(C)c1. The molecule has 2 rings (SSSR count). The maximum atomic E-state index is 13.2. The zero-order chi connectivity index (χ0) is 23.3. The van der Waals surface area contributed by atoms with Crippen LogP contribution in [0.5, 0.6) is 5.75 Å². The molecule has 0 saturated carbocycles. The van der Waals surface area contributed by atoms with Gasteiger partial charge in [-0.3, -0.25) is 9.10 Å². The van der Waals surface area contributed by atoms with Gasteiger partial charge in [-0.05, 0) is 55.2 Å². The van der Waals surface area contributed by atoms with E-state index in [2.05, 4.69) is 5.32 Å². The van der Waals surface area contributed by atoms with Gasteiger partial charge in [0.05, 0.1) is 35.1 Å². The number of nitrogens with one attached hydrogen (secondary N) is 1. The van der Waals surface area contributed by atoms with Crippen LogP contribution in [0.15, 0.2) is 36.4 Å². The number of carbonyl (C=O) groups excluding carboxylic acids is 1. The summed E-state index contributed by atoms with van der Waals surface area (Å²) >= 11 is 12.1. The summed E-state index contributed by atoms with van der Waals surface area (Å²) in [5, 5.41) is 3.52. The van der Waals surface area contributed by atoms with Gasteiger partial charge in [-0.15, -0.1) is 0 Å². The van der Waals surface area contributed by atoms with Gasteiger partial charge in [0.25, 0.3) is 0 Å². The fourth-order valence-electron chi connectivity index (χ4n) is 3.49. The van der Waals surface area contributed by atoms with E-state index in [0.29, 0.717) is 11.4 Å². The highest BCUT2D eigenvalue weighted by Crippen LogP contribution is 2.31. The average molecular weight is 487 g/mol. The van der Waals surface area contributed by atoms with Crippen molar-refractivity contribution in [3.8, 4) is 5.75 Å². The van der Waals surface area contributed by atoms with Crippen molar-refractivity contribution in [1.82, 2.24) is 5.32 Å². The molecule has 0 radical (unpaired) electrons. The summed E-state index contributed by atoms with van der Waals surface area (Å²) in [7, 11) is -2.17. The largest absolute Gasteiger partial charge is 0.496 e. The Morgan fingerprint density at radius 1 is 1.10 bits per heavy atom. The van der Waals surface area contributed by atoms with E-state index < -0.39 is 16.1 Å². The first-order chi connectivity index (χ1) is 14.5. The Morgan fingerprint density at radius 2 is 1.77 bits per heavy atom. The second kappa shape index (κ2) is 10.6. The molecule has 9 heteroatoms. The van der Waals surface area contributed by atoms with Gasteiger partial charge in [-0.2, -0.15) is 0 Å². The molecule has 0 aliphatic heterocycles. The van der Waals surface area contributed by atoms with Gasteiger partial charge in [-0.25, -0.2) is 8.42 Å². The Morgan fingerprint density at radius 3 is 2.26 bits per heavy atom. The van der Waals surface area contributed by atoms with Crippen molar-refractivity contribution in [2.24, 2.45) is 0 Å². The third-order valence-electron chi connectivity index (χ3n) is 5.03. The molecule has 31 heavy (non-hydrogen) atoms. The van der Waals surface area contributed by atoms with Crippen LogP contribution in [0, 0.1) is 6.92 Å².